The molecule has 0 radical (unpaired) electrons. The SMILES string of the molecule is C[CH2][Hg]([OH])([OH])([OH])([OH])[Cl]. The first kappa shape index (κ1) is 9.07. The molecular weight excluding hydrogens is 324 g/mol. The molecule has 0 aliphatic heterocycles. The summed E-state index contributed by atoms with van der Waals surface area (Å²) in [6.07, 6.45) is 0. The summed E-state index contributed by atoms with van der Waals surface area (Å²) in [7, 11) is 4.67. The number of halogens is 1. The first-order valence-corrected chi connectivity index (χ1v) is 23.2. The molecule has 0 atom stereocenters. The average molecular weight is 333 g/mol. The Hall–Kier alpha value is 1.07. The third kappa shape index (κ3) is 7.07. The zero-order valence-electron chi connectivity index (χ0n) is 4.58. The summed E-state index contributed by atoms with van der Waals surface area (Å²) < 4.78 is 33.0. The molecule has 0 rings (SSSR count). The zero-order chi connectivity index (χ0) is 7.12. The maximum absolute atomic E-state index is 8.41. The molecule has 8 heavy (non-hydrogen) atoms. The van der Waals surface area contributed by atoms with Crippen LogP contribution in [-0.4, -0.2) is 12.1 Å². The molecule has 4 N–H and O–H groups in total. The van der Waals surface area contributed by atoms with E-state index < -0.39 is 22.9 Å². The van der Waals surface area contributed by atoms with Crippen molar-refractivity contribution >= 4 is 8.25 Å². The van der Waals surface area contributed by atoms with Gasteiger partial charge >= 0.3 is 50.1 Å². The molecule has 0 aliphatic carbocycles. The summed E-state index contributed by atoms with van der Waals surface area (Å²) in [6.45, 7) is 1.19. The van der Waals surface area contributed by atoms with E-state index >= 15 is 0 Å². The van der Waals surface area contributed by atoms with Crippen molar-refractivity contribution in [2.45, 2.75) is 10.9 Å². The van der Waals surface area contributed by atoms with E-state index in [-0.39, 0.29) is 0 Å². The molecule has 0 fully saturated rings. The third-order valence-electron chi connectivity index (χ3n) is 1.08. The first-order chi connectivity index (χ1) is 3.04. The van der Waals surface area contributed by atoms with Crippen molar-refractivity contribution in [2.24, 2.45) is 0 Å². The van der Waals surface area contributed by atoms with Gasteiger partial charge in [0.1, 0.15) is 0 Å². The van der Waals surface area contributed by atoms with Gasteiger partial charge in [0.2, 0.25) is 0 Å². The van der Waals surface area contributed by atoms with Crippen LogP contribution in [-0.2, 0) is 19.0 Å². The Balaban J connectivity index is 4.50. The Labute approximate surface area is 50.1 Å². The second-order valence-corrected chi connectivity index (χ2v) is 37.2. The molecule has 0 heterocycles. The van der Waals surface area contributed by atoms with Crippen LogP contribution in [0, 0.1) is 0 Å². The number of hydrogen-bond donors (Lipinski definition) is 4. The molecule has 0 aliphatic rings. The van der Waals surface area contributed by atoms with E-state index in [1.165, 1.54) is 6.92 Å². The Morgan fingerprint density at radius 3 is 1.38 bits per heavy atom. The van der Waals surface area contributed by atoms with E-state index in [2.05, 4.69) is 8.25 Å². The molecule has 0 saturated heterocycles. The minimum absolute atomic E-state index is 0.591. The van der Waals surface area contributed by atoms with Gasteiger partial charge in [-0.1, -0.05) is 0 Å². The molecule has 0 bridgehead atoms. The molecule has 50 valence electrons. The van der Waals surface area contributed by atoms with Gasteiger partial charge < -0.3 is 0 Å². The summed E-state index contributed by atoms with van der Waals surface area (Å²) in [4.78, 5) is 0. The van der Waals surface area contributed by atoms with E-state index in [1.54, 1.807) is 0 Å². The molecule has 0 aromatic carbocycles. The Kier molecular flexibility index (Phi) is 1.57. The molecule has 4 nitrogen and oxygen atoms in total. The summed E-state index contributed by atoms with van der Waals surface area (Å²) >= 11 is -7.09. The van der Waals surface area contributed by atoms with Gasteiger partial charge in [0, 0.05) is 0 Å². The van der Waals surface area contributed by atoms with Gasteiger partial charge in [-0.3, -0.25) is 0 Å². The Morgan fingerprint density at radius 2 is 1.38 bits per heavy atom. The molecule has 6 heteroatoms. The number of hydrogen-bond acceptors (Lipinski definition) is 4. The van der Waals surface area contributed by atoms with Crippen LogP contribution in [0.25, 0.3) is 0 Å². The molecular formula is C2H9ClHgO4. The van der Waals surface area contributed by atoms with Crippen LogP contribution < -0.4 is 0 Å². The monoisotopic (exact) mass is 334 g/mol. The quantitative estimate of drug-likeness (QED) is 0.485. The van der Waals surface area contributed by atoms with Crippen molar-refractivity contribution in [3.63, 3.8) is 0 Å². The van der Waals surface area contributed by atoms with Crippen molar-refractivity contribution in [3.05, 3.63) is 0 Å². The van der Waals surface area contributed by atoms with Gasteiger partial charge in [0.25, 0.3) is 0 Å². The summed E-state index contributed by atoms with van der Waals surface area (Å²) in [5.74, 6) is 0. The Bertz CT molecular complexity index is 97.2. The molecule has 0 aromatic rings. The van der Waals surface area contributed by atoms with Gasteiger partial charge in [-0.15, -0.1) is 0 Å². The maximum atomic E-state index is 8.41. The van der Waals surface area contributed by atoms with Crippen LogP contribution in [0.15, 0.2) is 0 Å². The molecule has 0 aromatic heterocycles. The summed E-state index contributed by atoms with van der Waals surface area (Å²) in [6, 6.07) is 0. The number of rotatable bonds is 1. The first-order valence-electron chi connectivity index (χ1n) is 2.74. The molecule has 0 unspecified atom stereocenters. The van der Waals surface area contributed by atoms with Crippen molar-refractivity contribution in [1.29, 1.82) is 0 Å². The van der Waals surface area contributed by atoms with Crippen LogP contribution in [0.3, 0.4) is 0 Å². The van der Waals surface area contributed by atoms with E-state index in [9.17, 15) is 0 Å². The normalized spacial score (nSPS) is 17.2. The van der Waals surface area contributed by atoms with Crippen molar-refractivity contribution in [2.75, 3.05) is 0 Å². The summed E-state index contributed by atoms with van der Waals surface area (Å²) in [5.41, 5.74) is 0. The van der Waals surface area contributed by atoms with Crippen LogP contribution in [0.1, 0.15) is 6.92 Å². The minimum atomic E-state index is -7.09. The topological polar surface area (TPSA) is 80.9 Å². The van der Waals surface area contributed by atoms with Crippen LogP contribution >= 0.6 is 8.25 Å². The van der Waals surface area contributed by atoms with E-state index in [4.69, 9.17) is 12.1 Å². The third-order valence-corrected chi connectivity index (χ3v) is 12.8. The van der Waals surface area contributed by atoms with Crippen LogP contribution in [0.4, 0.5) is 0 Å². The van der Waals surface area contributed by atoms with Crippen LogP contribution in [0.5, 0.6) is 0 Å². The van der Waals surface area contributed by atoms with E-state index in [0.717, 1.165) is 0 Å². The van der Waals surface area contributed by atoms with E-state index in [0.29, 0.717) is 0 Å². The fraction of sp³-hybridized carbons (Fsp3) is 1.00. The van der Waals surface area contributed by atoms with Gasteiger partial charge in [-0.05, 0) is 0 Å². The predicted molar refractivity (Wildman–Crippen MR) is 25.2 cm³/mol. The van der Waals surface area contributed by atoms with Crippen molar-refractivity contribution < 1.29 is 31.0 Å². The summed E-state index contributed by atoms with van der Waals surface area (Å²) in [5, 5.41) is 0. The second kappa shape index (κ2) is 1.38. The van der Waals surface area contributed by atoms with E-state index in [1.807, 2.05) is 0 Å². The molecule has 0 saturated carbocycles. The standard InChI is InChI=1S/C2H5.ClH.Hg.4H2O/c1-2;;;;;;/h1H2,2H3;1H;;4*1H2/q;;+5;;;;/p-5. The van der Waals surface area contributed by atoms with Gasteiger partial charge in [-0.2, -0.15) is 0 Å². The molecule has 0 amide bonds. The fourth-order valence-electron chi connectivity index (χ4n) is 0. The van der Waals surface area contributed by atoms with Crippen molar-refractivity contribution in [1.82, 2.24) is 0 Å². The average Bonchev–Trinajstić information content (AvgIpc) is 1.30. The molecule has 0 spiro atoms. The van der Waals surface area contributed by atoms with Crippen LogP contribution in [0.2, 0.25) is 3.93 Å². The van der Waals surface area contributed by atoms with Crippen molar-refractivity contribution in [3.8, 4) is 0 Å². The second-order valence-electron chi connectivity index (χ2n) is 2.91. The van der Waals surface area contributed by atoms with Gasteiger partial charge in [0.05, 0.1) is 0 Å². The predicted octanol–water partition coefficient (Wildman–Crippen LogP) is -0.567. The fourth-order valence-corrected chi connectivity index (χ4v) is 0. The van der Waals surface area contributed by atoms with Gasteiger partial charge in [-0.25, -0.2) is 0 Å². The zero-order valence-corrected chi connectivity index (χ0v) is 10.8. The van der Waals surface area contributed by atoms with Gasteiger partial charge in [0.15, 0.2) is 0 Å². The Morgan fingerprint density at radius 1 is 1.25 bits per heavy atom.